The standard InChI is InChI=1S/C49H29BN2/c1-2-15-30(16-3-1)35-29-36-33-20-14-24-40-47(33)52(50-41-25-10-13-28-44(41)51-42-26-11-6-19-34(42)45(35)48(51)46(36)50)43-27-12-9-23-39(43)49(40)37-21-7-4-17-31(37)32-18-5-8-22-38(32)49/h1-29H. The molecule has 2 nitrogen and oxygen atoms in total. The second-order valence-electron chi connectivity index (χ2n) is 14.7. The maximum Gasteiger partial charge on any atom is 0.333 e. The van der Waals surface area contributed by atoms with Gasteiger partial charge in [0.25, 0.3) is 0 Å². The van der Waals surface area contributed by atoms with E-state index >= 15 is 0 Å². The van der Waals surface area contributed by atoms with Gasteiger partial charge in [0.15, 0.2) is 0 Å². The van der Waals surface area contributed by atoms with Crippen LogP contribution in [0.25, 0.3) is 60.9 Å². The molecule has 0 radical (unpaired) electrons. The summed E-state index contributed by atoms with van der Waals surface area (Å²) in [5, 5.41) is 2.63. The maximum absolute atomic E-state index is 2.72. The van der Waals surface area contributed by atoms with Crippen molar-refractivity contribution < 1.29 is 0 Å². The van der Waals surface area contributed by atoms with Crippen LogP contribution in [-0.4, -0.2) is 11.4 Å². The highest BCUT2D eigenvalue weighted by molar-refractivity contribution is 6.94. The zero-order chi connectivity index (χ0) is 33.7. The zero-order valence-electron chi connectivity index (χ0n) is 28.2. The third-order valence-corrected chi connectivity index (χ3v) is 12.6. The average molecular weight is 657 g/mol. The molecule has 0 N–H and O–H groups in total. The van der Waals surface area contributed by atoms with Gasteiger partial charge >= 0.3 is 6.85 Å². The topological polar surface area (TPSA) is 8.17 Å². The first-order chi connectivity index (χ1) is 25.9. The number of hydrogen-bond acceptors (Lipinski definition) is 1. The molecule has 13 rings (SSSR count). The van der Waals surface area contributed by atoms with Crippen molar-refractivity contribution in [1.29, 1.82) is 0 Å². The van der Waals surface area contributed by atoms with E-state index < -0.39 is 5.41 Å². The third kappa shape index (κ3) is 2.96. The molecule has 1 spiro atoms. The summed E-state index contributed by atoms with van der Waals surface area (Å²) >= 11 is 0. The number of aromatic nitrogens is 1. The zero-order valence-corrected chi connectivity index (χ0v) is 28.2. The van der Waals surface area contributed by atoms with Crippen molar-refractivity contribution in [1.82, 2.24) is 4.57 Å². The summed E-state index contributed by atoms with van der Waals surface area (Å²) in [5.74, 6) is 0. The molecule has 0 saturated heterocycles. The van der Waals surface area contributed by atoms with Crippen molar-refractivity contribution >= 4 is 51.0 Å². The van der Waals surface area contributed by atoms with E-state index in [9.17, 15) is 0 Å². The molecule has 4 aliphatic rings. The molecule has 0 bridgehead atoms. The third-order valence-electron chi connectivity index (χ3n) is 12.6. The van der Waals surface area contributed by atoms with Crippen molar-refractivity contribution in [3.05, 3.63) is 198 Å². The van der Waals surface area contributed by atoms with E-state index in [1.807, 2.05) is 0 Å². The molecule has 9 aromatic rings. The summed E-state index contributed by atoms with van der Waals surface area (Å²) in [6, 6.07) is 66.3. The molecule has 52 heavy (non-hydrogen) atoms. The van der Waals surface area contributed by atoms with Crippen molar-refractivity contribution in [2.75, 3.05) is 4.81 Å². The fraction of sp³-hybridized carbons (Fsp3) is 0.0204. The first-order valence-electron chi connectivity index (χ1n) is 18.3. The van der Waals surface area contributed by atoms with Crippen LogP contribution in [0.5, 0.6) is 0 Å². The highest BCUT2D eigenvalue weighted by Gasteiger charge is 2.55. The molecule has 0 saturated carbocycles. The molecule has 238 valence electrons. The van der Waals surface area contributed by atoms with E-state index in [1.54, 1.807) is 0 Å². The van der Waals surface area contributed by atoms with Gasteiger partial charge in [-0.2, -0.15) is 0 Å². The van der Waals surface area contributed by atoms with Gasteiger partial charge in [0.1, 0.15) is 0 Å². The lowest BCUT2D eigenvalue weighted by atomic mass is 9.42. The Balaban J connectivity index is 1.27. The molecule has 3 heteroatoms. The summed E-state index contributed by atoms with van der Waals surface area (Å²) in [4.78, 5) is 2.72. The van der Waals surface area contributed by atoms with Crippen LogP contribution in [0.4, 0.5) is 11.4 Å². The minimum Gasteiger partial charge on any atom is -0.376 e. The summed E-state index contributed by atoms with van der Waals surface area (Å²) < 4.78 is 2.57. The van der Waals surface area contributed by atoms with Crippen LogP contribution in [0, 0.1) is 0 Å². The highest BCUT2D eigenvalue weighted by atomic mass is 15.1. The van der Waals surface area contributed by atoms with Gasteiger partial charge in [0.2, 0.25) is 0 Å². The van der Waals surface area contributed by atoms with Crippen LogP contribution in [-0.2, 0) is 5.41 Å². The molecule has 0 fully saturated rings. The van der Waals surface area contributed by atoms with Crippen LogP contribution < -0.4 is 15.7 Å². The minimum absolute atomic E-state index is 0.00521. The van der Waals surface area contributed by atoms with Gasteiger partial charge < -0.3 is 9.38 Å². The van der Waals surface area contributed by atoms with Gasteiger partial charge in [-0.1, -0.05) is 152 Å². The SMILES string of the molecule is c1ccc(-c2cc3c4c5c2c2ccccc2n5-c2ccccc2B4N2c4ccccc4C4(c5ccccc5-c5ccccc54)c4cccc-3c42)cc1. The normalized spacial score (nSPS) is 14.6. The van der Waals surface area contributed by atoms with E-state index in [0.29, 0.717) is 0 Å². The number of nitrogens with zero attached hydrogens (tertiary/aromatic N) is 2. The lowest BCUT2D eigenvalue weighted by Gasteiger charge is -2.51. The highest BCUT2D eigenvalue weighted by Crippen LogP contribution is 2.64. The van der Waals surface area contributed by atoms with Crippen LogP contribution in [0.2, 0.25) is 0 Å². The van der Waals surface area contributed by atoms with Crippen molar-refractivity contribution in [3.8, 4) is 39.1 Å². The Labute approximate surface area is 302 Å². The Morgan fingerprint density at radius 3 is 1.87 bits per heavy atom. The molecule has 0 atom stereocenters. The van der Waals surface area contributed by atoms with Crippen LogP contribution in [0.1, 0.15) is 22.3 Å². The van der Waals surface area contributed by atoms with Crippen molar-refractivity contribution in [2.45, 2.75) is 5.41 Å². The van der Waals surface area contributed by atoms with Gasteiger partial charge in [-0.25, -0.2) is 0 Å². The Hall–Kier alpha value is -6.58. The number of anilines is 2. The van der Waals surface area contributed by atoms with Crippen molar-refractivity contribution in [3.63, 3.8) is 0 Å². The molecule has 3 aliphatic heterocycles. The van der Waals surface area contributed by atoms with E-state index in [-0.39, 0.29) is 6.85 Å². The Bertz CT molecular complexity index is 3000. The van der Waals surface area contributed by atoms with E-state index in [4.69, 9.17) is 0 Å². The first-order valence-corrected chi connectivity index (χ1v) is 18.3. The van der Waals surface area contributed by atoms with Crippen molar-refractivity contribution in [2.24, 2.45) is 0 Å². The number of fused-ring (bicyclic) bond motifs is 17. The van der Waals surface area contributed by atoms with Gasteiger partial charge in [-0.3, -0.25) is 0 Å². The molecule has 8 aromatic carbocycles. The van der Waals surface area contributed by atoms with Crippen LogP contribution in [0.3, 0.4) is 0 Å². The fourth-order valence-corrected chi connectivity index (χ4v) is 10.8. The summed E-state index contributed by atoms with van der Waals surface area (Å²) in [6.45, 7) is -0.00521. The second kappa shape index (κ2) is 9.40. The molecule has 0 unspecified atom stereocenters. The summed E-state index contributed by atoms with van der Waals surface area (Å²) in [7, 11) is 0. The van der Waals surface area contributed by atoms with Gasteiger partial charge in [-0.05, 0) is 85.3 Å². The predicted octanol–water partition coefficient (Wildman–Crippen LogP) is 10.4. The molecule has 1 aliphatic carbocycles. The largest absolute Gasteiger partial charge is 0.376 e. The first kappa shape index (κ1) is 27.2. The number of rotatable bonds is 1. The molecule has 1 aromatic heterocycles. The number of benzene rings is 8. The van der Waals surface area contributed by atoms with Crippen LogP contribution >= 0.6 is 0 Å². The summed E-state index contributed by atoms with van der Waals surface area (Å²) in [5.41, 5.74) is 22.0. The van der Waals surface area contributed by atoms with Gasteiger partial charge in [0, 0.05) is 33.4 Å². The monoisotopic (exact) mass is 656 g/mol. The average Bonchev–Trinajstić information content (AvgIpc) is 3.72. The Morgan fingerprint density at radius 1 is 0.442 bits per heavy atom. The van der Waals surface area contributed by atoms with E-state index in [1.165, 1.54) is 105 Å². The summed E-state index contributed by atoms with van der Waals surface area (Å²) in [6.07, 6.45) is 0. The fourth-order valence-electron chi connectivity index (χ4n) is 10.8. The predicted molar refractivity (Wildman–Crippen MR) is 216 cm³/mol. The molecular formula is C49H29BN2. The molecule has 0 amide bonds. The quantitative estimate of drug-likeness (QED) is 0.160. The van der Waals surface area contributed by atoms with E-state index in [2.05, 4.69) is 185 Å². The molecule has 4 heterocycles. The van der Waals surface area contributed by atoms with Gasteiger partial charge in [0.05, 0.1) is 16.4 Å². The lowest BCUT2D eigenvalue weighted by molar-refractivity contribution is 0.756. The number of para-hydroxylation sites is 4. The molecular weight excluding hydrogens is 627 g/mol. The smallest absolute Gasteiger partial charge is 0.333 e. The minimum atomic E-state index is -0.446. The second-order valence-corrected chi connectivity index (χ2v) is 14.7. The van der Waals surface area contributed by atoms with Gasteiger partial charge in [-0.15, -0.1) is 0 Å². The van der Waals surface area contributed by atoms with E-state index in [0.717, 1.165) is 0 Å². The lowest BCUT2D eigenvalue weighted by Crippen LogP contribution is -2.62. The Kier molecular flexibility index (Phi) is 4.91. The maximum atomic E-state index is 2.72. The van der Waals surface area contributed by atoms with Crippen LogP contribution in [0.15, 0.2) is 176 Å². The Morgan fingerprint density at radius 2 is 1.06 bits per heavy atom. The number of hydrogen-bond donors (Lipinski definition) is 0.